The number of carbonyl (C=O) groups excluding carboxylic acids is 1. The summed E-state index contributed by atoms with van der Waals surface area (Å²) in [7, 11) is 0. The summed E-state index contributed by atoms with van der Waals surface area (Å²) in [6.45, 7) is 0.0854. The predicted octanol–water partition coefficient (Wildman–Crippen LogP) is 4.23. The Bertz CT molecular complexity index is 727. The number of benzene rings is 1. The van der Waals surface area contributed by atoms with Gasteiger partial charge in [0.2, 0.25) is 0 Å². The number of carbonyl (C=O) groups is 2. The Kier molecular flexibility index (Phi) is 5.82. The van der Waals surface area contributed by atoms with E-state index in [2.05, 4.69) is 26.2 Å². The van der Waals surface area contributed by atoms with Crippen LogP contribution in [0.25, 0.3) is 0 Å². The van der Waals surface area contributed by atoms with Crippen LogP contribution in [0.2, 0.25) is 5.02 Å². The number of nitrogens with zero attached hydrogens (tertiary/aromatic N) is 1. The first-order valence-corrected chi connectivity index (χ1v) is 8.03. The lowest BCUT2D eigenvalue weighted by atomic mass is 10.2. The van der Waals surface area contributed by atoms with E-state index in [1.807, 2.05) is 0 Å². The topological polar surface area (TPSA) is 79.3 Å². The molecule has 0 atom stereocenters. The Labute approximate surface area is 144 Å². The number of nitrogens with one attached hydrogen (secondary N) is 1. The molecule has 0 unspecified atom stereocenters. The molecule has 0 aliphatic heterocycles. The van der Waals surface area contributed by atoms with Crippen molar-refractivity contribution in [1.82, 2.24) is 10.3 Å². The van der Waals surface area contributed by atoms with Crippen molar-refractivity contribution >= 4 is 51.7 Å². The third-order valence-electron chi connectivity index (χ3n) is 2.70. The van der Waals surface area contributed by atoms with Gasteiger partial charge < -0.3 is 10.4 Å². The zero-order valence-corrected chi connectivity index (χ0v) is 14.2. The van der Waals surface area contributed by atoms with E-state index in [4.69, 9.17) is 16.7 Å². The largest absolute Gasteiger partial charge is 0.465 e. The molecule has 1 aromatic carbocycles. The van der Waals surface area contributed by atoms with Gasteiger partial charge in [-0.3, -0.25) is 4.79 Å². The first-order valence-electron chi connectivity index (χ1n) is 6.04. The molecule has 1 aromatic heterocycles. The fraction of sp³-hybridized carbons (Fsp3) is 0.0714. The van der Waals surface area contributed by atoms with Gasteiger partial charge in [-0.05, 0) is 24.3 Å². The Morgan fingerprint density at radius 2 is 2.23 bits per heavy atom. The standard InChI is InChI=1S/C14H10BrClN2O3S/c15-10-3-4-11(16)12(9(10)6-18-14(20)21)22-13-8(7-19)2-1-5-17-13/h1-5,7,18H,6H2,(H,20,21). The van der Waals surface area contributed by atoms with E-state index in [9.17, 15) is 9.59 Å². The average molecular weight is 402 g/mol. The second-order valence-corrected chi connectivity index (χ2v) is 6.37. The number of aldehydes is 1. The van der Waals surface area contributed by atoms with Crippen LogP contribution in [-0.4, -0.2) is 22.5 Å². The lowest BCUT2D eigenvalue weighted by molar-refractivity contribution is 0.112. The number of rotatable bonds is 5. The SMILES string of the molecule is O=Cc1cccnc1Sc1c(Cl)ccc(Br)c1CNC(=O)O. The minimum atomic E-state index is -1.13. The first-order chi connectivity index (χ1) is 10.5. The van der Waals surface area contributed by atoms with Crippen molar-refractivity contribution in [3.8, 4) is 0 Å². The van der Waals surface area contributed by atoms with Crippen molar-refractivity contribution in [1.29, 1.82) is 0 Å². The summed E-state index contributed by atoms with van der Waals surface area (Å²) >= 11 is 10.8. The van der Waals surface area contributed by atoms with E-state index in [0.717, 1.165) is 10.8 Å². The molecule has 0 fully saturated rings. The summed E-state index contributed by atoms with van der Waals surface area (Å²) in [4.78, 5) is 26.6. The maximum atomic E-state index is 11.1. The molecule has 0 bridgehead atoms. The number of halogens is 2. The molecule has 1 amide bonds. The summed E-state index contributed by atoms with van der Waals surface area (Å²) in [6, 6.07) is 6.76. The van der Waals surface area contributed by atoms with E-state index < -0.39 is 6.09 Å². The zero-order chi connectivity index (χ0) is 16.1. The number of hydrogen-bond donors (Lipinski definition) is 2. The third-order valence-corrected chi connectivity index (χ3v) is 5.07. The molecule has 0 aliphatic carbocycles. The van der Waals surface area contributed by atoms with Gasteiger partial charge in [0, 0.05) is 33.2 Å². The van der Waals surface area contributed by atoms with E-state index in [1.54, 1.807) is 30.5 Å². The summed E-state index contributed by atoms with van der Waals surface area (Å²) in [5.41, 5.74) is 1.13. The van der Waals surface area contributed by atoms with E-state index in [-0.39, 0.29) is 6.54 Å². The molecule has 8 heteroatoms. The van der Waals surface area contributed by atoms with Gasteiger partial charge in [-0.15, -0.1) is 0 Å². The molecule has 0 radical (unpaired) electrons. The molecule has 0 aliphatic rings. The third kappa shape index (κ3) is 4.00. The Morgan fingerprint density at radius 3 is 2.91 bits per heavy atom. The normalized spacial score (nSPS) is 10.3. The highest BCUT2D eigenvalue weighted by molar-refractivity contribution is 9.10. The number of amides is 1. The molecular formula is C14H10BrClN2O3S. The number of aromatic nitrogens is 1. The van der Waals surface area contributed by atoms with Crippen LogP contribution in [0.3, 0.4) is 0 Å². The van der Waals surface area contributed by atoms with Gasteiger partial charge in [0.1, 0.15) is 5.03 Å². The van der Waals surface area contributed by atoms with Crippen molar-refractivity contribution in [2.24, 2.45) is 0 Å². The molecule has 2 aromatic rings. The number of hydrogen-bond acceptors (Lipinski definition) is 4. The maximum absolute atomic E-state index is 11.1. The molecule has 114 valence electrons. The summed E-state index contributed by atoms with van der Waals surface area (Å²) in [5, 5.41) is 12.0. The van der Waals surface area contributed by atoms with Gasteiger partial charge in [-0.2, -0.15) is 0 Å². The molecular weight excluding hydrogens is 392 g/mol. The van der Waals surface area contributed by atoms with Crippen molar-refractivity contribution in [2.45, 2.75) is 16.5 Å². The van der Waals surface area contributed by atoms with E-state index >= 15 is 0 Å². The maximum Gasteiger partial charge on any atom is 0.404 e. The zero-order valence-electron chi connectivity index (χ0n) is 11.0. The molecule has 5 nitrogen and oxygen atoms in total. The highest BCUT2D eigenvalue weighted by Crippen LogP contribution is 2.39. The van der Waals surface area contributed by atoms with Gasteiger partial charge >= 0.3 is 6.09 Å². The molecule has 1 heterocycles. The van der Waals surface area contributed by atoms with E-state index in [1.165, 1.54) is 11.8 Å². The van der Waals surface area contributed by atoms with Crippen LogP contribution in [0.1, 0.15) is 15.9 Å². The highest BCUT2D eigenvalue weighted by atomic mass is 79.9. The summed E-state index contributed by atoms with van der Waals surface area (Å²) in [5.74, 6) is 0. The quantitative estimate of drug-likeness (QED) is 0.733. The summed E-state index contributed by atoms with van der Waals surface area (Å²) < 4.78 is 0.719. The Hall–Kier alpha value is -1.57. The predicted molar refractivity (Wildman–Crippen MR) is 87.8 cm³/mol. The molecule has 2 N–H and O–H groups in total. The van der Waals surface area contributed by atoms with Crippen LogP contribution in [0.5, 0.6) is 0 Å². The van der Waals surface area contributed by atoms with Crippen molar-refractivity contribution in [3.05, 3.63) is 51.1 Å². The van der Waals surface area contributed by atoms with Crippen molar-refractivity contribution in [2.75, 3.05) is 0 Å². The van der Waals surface area contributed by atoms with Gasteiger partial charge in [0.15, 0.2) is 6.29 Å². The van der Waals surface area contributed by atoms with E-state index in [0.29, 0.717) is 26.1 Å². The Morgan fingerprint density at radius 1 is 1.45 bits per heavy atom. The van der Waals surface area contributed by atoms with Gasteiger partial charge in [0.25, 0.3) is 0 Å². The van der Waals surface area contributed by atoms with Crippen LogP contribution in [0, 0.1) is 0 Å². The molecule has 0 saturated heterocycles. The average Bonchev–Trinajstić information content (AvgIpc) is 2.50. The minimum absolute atomic E-state index is 0.0854. The van der Waals surface area contributed by atoms with Gasteiger partial charge in [0.05, 0.1) is 5.02 Å². The Balaban J connectivity index is 2.42. The van der Waals surface area contributed by atoms with Gasteiger partial charge in [-0.1, -0.05) is 39.3 Å². The fourth-order valence-corrected chi connectivity index (χ4v) is 3.60. The smallest absolute Gasteiger partial charge is 0.404 e. The van der Waals surface area contributed by atoms with Crippen LogP contribution in [-0.2, 0) is 6.54 Å². The lowest BCUT2D eigenvalue weighted by Gasteiger charge is -2.13. The van der Waals surface area contributed by atoms with Crippen LogP contribution in [0.15, 0.2) is 44.9 Å². The minimum Gasteiger partial charge on any atom is -0.465 e. The van der Waals surface area contributed by atoms with Crippen molar-refractivity contribution < 1.29 is 14.7 Å². The highest BCUT2D eigenvalue weighted by Gasteiger charge is 2.15. The van der Waals surface area contributed by atoms with Crippen LogP contribution in [0.4, 0.5) is 4.79 Å². The molecule has 2 rings (SSSR count). The fourth-order valence-electron chi connectivity index (χ4n) is 1.69. The van der Waals surface area contributed by atoms with Crippen molar-refractivity contribution in [3.63, 3.8) is 0 Å². The number of pyridine rings is 1. The second kappa shape index (κ2) is 7.62. The summed E-state index contributed by atoms with van der Waals surface area (Å²) in [6.07, 6.45) is 1.17. The molecule has 0 spiro atoms. The number of carboxylic acid groups (broad SMARTS) is 1. The molecule has 22 heavy (non-hydrogen) atoms. The van der Waals surface area contributed by atoms with Crippen LogP contribution < -0.4 is 5.32 Å². The second-order valence-electron chi connectivity index (χ2n) is 4.11. The van der Waals surface area contributed by atoms with Crippen LogP contribution >= 0.6 is 39.3 Å². The van der Waals surface area contributed by atoms with Gasteiger partial charge in [-0.25, -0.2) is 9.78 Å². The first kappa shape index (κ1) is 16.8. The monoisotopic (exact) mass is 400 g/mol. The lowest BCUT2D eigenvalue weighted by Crippen LogP contribution is -2.20. The molecule has 0 saturated carbocycles.